The van der Waals surface area contributed by atoms with E-state index in [1.165, 1.54) is 0 Å². The van der Waals surface area contributed by atoms with E-state index in [0.29, 0.717) is 12.6 Å². The number of likely N-dealkylation sites (N-methyl/N-ethyl adjacent to an activating group) is 1. The zero-order chi connectivity index (χ0) is 11.3. The van der Waals surface area contributed by atoms with Gasteiger partial charge in [-0.1, -0.05) is 6.08 Å². The molecule has 1 N–H and O–H groups in total. The molecule has 0 amide bonds. The molecule has 1 rings (SSSR count). The Kier molecular flexibility index (Phi) is 4.78. The SMILES string of the molecule is C=CCN1CCC(N(C)CCC(=O)O)C1. The largest absolute Gasteiger partial charge is 0.481 e. The zero-order valence-corrected chi connectivity index (χ0v) is 9.35. The third-order valence-corrected chi connectivity index (χ3v) is 2.94. The van der Waals surface area contributed by atoms with Crippen LogP contribution in [0.3, 0.4) is 0 Å². The molecule has 86 valence electrons. The summed E-state index contributed by atoms with van der Waals surface area (Å²) in [6.07, 6.45) is 3.28. The maximum atomic E-state index is 10.4. The van der Waals surface area contributed by atoms with E-state index in [2.05, 4.69) is 16.4 Å². The molecule has 0 bridgehead atoms. The molecule has 0 aromatic heterocycles. The molecule has 1 heterocycles. The van der Waals surface area contributed by atoms with Crippen molar-refractivity contribution in [2.24, 2.45) is 0 Å². The van der Waals surface area contributed by atoms with E-state index < -0.39 is 5.97 Å². The Morgan fingerprint density at radius 2 is 2.47 bits per heavy atom. The van der Waals surface area contributed by atoms with Crippen molar-refractivity contribution in [3.63, 3.8) is 0 Å². The van der Waals surface area contributed by atoms with Crippen LogP contribution in [0.2, 0.25) is 0 Å². The zero-order valence-electron chi connectivity index (χ0n) is 9.35. The van der Waals surface area contributed by atoms with Crippen LogP contribution < -0.4 is 0 Å². The summed E-state index contributed by atoms with van der Waals surface area (Å²) in [6, 6.07) is 0.504. The number of hydrogen-bond acceptors (Lipinski definition) is 3. The number of nitrogens with zero attached hydrogens (tertiary/aromatic N) is 2. The van der Waals surface area contributed by atoms with Crippen molar-refractivity contribution >= 4 is 5.97 Å². The van der Waals surface area contributed by atoms with E-state index in [9.17, 15) is 4.79 Å². The van der Waals surface area contributed by atoms with Crippen molar-refractivity contribution < 1.29 is 9.90 Å². The Labute approximate surface area is 91.2 Å². The van der Waals surface area contributed by atoms with Gasteiger partial charge >= 0.3 is 5.97 Å². The molecule has 0 aromatic rings. The topological polar surface area (TPSA) is 43.8 Å². The Hall–Kier alpha value is -0.870. The van der Waals surface area contributed by atoms with Crippen LogP contribution in [-0.2, 0) is 4.79 Å². The molecule has 4 nitrogen and oxygen atoms in total. The molecular weight excluding hydrogens is 192 g/mol. The van der Waals surface area contributed by atoms with Gasteiger partial charge in [0.15, 0.2) is 0 Å². The van der Waals surface area contributed by atoms with Crippen molar-refractivity contribution in [1.82, 2.24) is 9.80 Å². The van der Waals surface area contributed by atoms with Gasteiger partial charge in [0, 0.05) is 32.2 Å². The lowest BCUT2D eigenvalue weighted by Gasteiger charge is -2.23. The standard InChI is InChI=1S/C11H20N2O2/c1-3-6-13-8-4-10(9-13)12(2)7-5-11(14)15/h3,10H,1,4-9H2,2H3,(H,14,15). The van der Waals surface area contributed by atoms with Crippen molar-refractivity contribution in [2.45, 2.75) is 18.9 Å². The lowest BCUT2D eigenvalue weighted by Crippen LogP contribution is -2.35. The molecule has 1 fully saturated rings. The molecule has 0 spiro atoms. The summed E-state index contributed by atoms with van der Waals surface area (Å²) in [7, 11) is 2.00. The molecule has 4 heteroatoms. The fourth-order valence-electron chi connectivity index (χ4n) is 1.97. The summed E-state index contributed by atoms with van der Waals surface area (Å²) in [5.74, 6) is -0.720. The number of carboxylic acid groups (broad SMARTS) is 1. The van der Waals surface area contributed by atoms with Crippen LogP contribution >= 0.6 is 0 Å². The second kappa shape index (κ2) is 5.88. The fourth-order valence-corrected chi connectivity index (χ4v) is 1.97. The van der Waals surface area contributed by atoms with Crippen LogP contribution in [0.5, 0.6) is 0 Å². The summed E-state index contributed by atoms with van der Waals surface area (Å²) in [6.45, 7) is 7.42. The number of rotatable bonds is 6. The van der Waals surface area contributed by atoms with Crippen molar-refractivity contribution in [3.05, 3.63) is 12.7 Å². The van der Waals surface area contributed by atoms with Gasteiger partial charge in [-0.2, -0.15) is 0 Å². The molecule has 1 atom stereocenters. The number of hydrogen-bond donors (Lipinski definition) is 1. The summed E-state index contributed by atoms with van der Waals surface area (Å²) in [5.41, 5.74) is 0. The fraction of sp³-hybridized carbons (Fsp3) is 0.727. The third kappa shape index (κ3) is 4.01. The molecule has 0 aliphatic carbocycles. The van der Waals surface area contributed by atoms with Gasteiger partial charge in [0.1, 0.15) is 0 Å². The average molecular weight is 212 g/mol. The summed E-state index contributed by atoms with van der Waals surface area (Å²) >= 11 is 0. The van der Waals surface area contributed by atoms with Gasteiger partial charge in [0.25, 0.3) is 0 Å². The normalized spacial score (nSPS) is 22.1. The Balaban J connectivity index is 2.26. The smallest absolute Gasteiger partial charge is 0.304 e. The van der Waals surface area contributed by atoms with E-state index in [1.807, 2.05) is 13.1 Å². The second-order valence-corrected chi connectivity index (χ2v) is 4.12. The lowest BCUT2D eigenvalue weighted by molar-refractivity contribution is -0.137. The predicted molar refractivity (Wildman–Crippen MR) is 59.9 cm³/mol. The summed E-state index contributed by atoms with van der Waals surface area (Å²) < 4.78 is 0. The molecule has 1 unspecified atom stereocenters. The molecule has 1 aliphatic rings. The van der Waals surface area contributed by atoms with E-state index in [0.717, 1.165) is 26.1 Å². The van der Waals surface area contributed by atoms with Crippen LogP contribution in [0.1, 0.15) is 12.8 Å². The second-order valence-electron chi connectivity index (χ2n) is 4.12. The Morgan fingerprint density at radius 1 is 1.73 bits per heavy atom. The Morgan fingerprint density at radius 3 is 3.07 bits per heavy atom. The minimum absolute atomic E-state index is 0.231. The number of aliphatic carboxylic acids is 1. The monoisotopic (exact) mass is 212 g/mol. The molecule has 0 aromatic carbocycles. The first-order chi connectivity index (χ1) is 7.13. The number of likely N-dealkylation sites (tertiary alicyclic amines) is 1. The van der Waals surface area contributed by atoms with Gasteiger partial charge in [-0.25, -0.2) is 0 Å². The predicted octanol–water partition coefficient (Wildman–Crippen LogP) is 0.653. The highest BCUT2D eigenvalue weighted by molar-refractivity contribution is 5.66. The Bertz CT molecular complexity index is 231. The summed E-state index contributed by atoms with van der Waals surface area (Å²) in [5, 5.41) is 8.59. The molecule has 15 heavy (non-hydrogen) atoms. The number of carbonyl (C=O) groups is 1. The van der Waals surface area contributed by atoms with Crippen LogP contribution in [0.15, 0.2) is 12.7 Å². The van der Waals surface area contributed by atoms with Gasteiger partial charge in [-0.05, 0) is 13.5 Å². The molecule has 1 saturated heterocycles. The first kappa shape index (κ1) is 12.2. The van der Waals surface area contributed by atoms with Crippen molar-refractivity contribution in [3.8, 4) is 0 Å². The maximum absolute atomic E-state index is 10.4. The highest BCUT2D eigenvalue weighted by atomic mass is 16.4. The average Bonchev–Trinajstić information content (AvgIpc) is 2.63. The minimum Gasteiger partial charge on any atom is -0.481 e. The highest BCUT2D eigenvalue weighted by Crippen LogP contribution is 2.14. The van der Waals surface area contributed by atoms with E-state index in [-0.39, 0.29) is 6.42 Å². The third-order valence-electron chi connectivity index (χ3n) is 2.94. The van der Waals surface area contributed by atoms with Crippen LogP contribution in [0.4, 0.5) is 0 Å². The first-order valence-electron chi connectivity index (χ1n) is 5.38. The minimum atomic E-state index is -0.720. The van der Waals surface area contributed by atoms with Gasteiger partial charge in [-0.3, -0.25) is 9.69 Å². The maximum Gasteiger partial charge on any atom is 0.304 e. The van der Waals surface area contributed by atoms with Crippen molar-refractivity contribution in [1.29, 1.82) is 0 Å². The lowest BCUT2D eigenvalue weighted by atomic mass is 10.2. The highest BCUT2D eigenvalue weighted by Gasteiger charge is 2.24. The van der Waals surface area contributed by atoms with Crippen LogP contribution in [0.25, 0.3) is 0 Å². The number of carboxylic acids is 1. The molecule has 0 saturated carbocycles. The first-order valence-corrected chi connectivity index (χ1v) is 5.38. The van der Waals surface area contributed by atoms with Gasteiger partial charge < -0.3 is 10.0 Å². The van der Waals surface area contributed by atoms with Crippen molar-refractivity contribution in [2.75, 3.05) is 33.2 Å². The van der Waals surface area contributed by atoms with Crippen LogP contribution in [-0.4, -0.2) is 60.1 Å². The van der Waals surface area contributed by atoms with Crippen LogP contribution in [0, 0.1) is 0 Å². The van der Waals surface area contributed by atoms with E-state index in [4.69, 9.17) is 5.11 Å². The molecular formula is C11H20N2O2. The van der Waals surface area contributed by atoms with E-state index >= 15 is 0 Å². The van der Waals surface area contributed by atoms with Gasteiger partial charge in [0.2, 0.25) is 0 Å². The van der Waals surface area contributed by atoms with Gasteiger partial charge in [-0.15, -0.1) is 6.58 Å². The van der Waals surface area contributed by atoms with Gasteiger partial charge in [0.05, 0.1) is 6.42 Å². The van der Waals surface area contributed by atoms with E-state index in [1.54, 1.807) is 0 Å². The molecule has 0 radical (unpaired) electrons. The quantitative estimate of drug-likeness (QED) is 0.657. The molecule has 1 aliphatic heterocycles. The summed E-state index contributed by atoms with van der Waals surface area (Å²) in [4.78, 5) is 14.9.